The summed E-state index contributed by atoms with van der Waals surface area (Å²) in [5.41, 5.74) is 1.32. The molecule has 0 aliphatic carbocycles. The van der Waals surface area contributed by atoms with Gasteiger partial charge in [0.15, 0.2) is 0 Å². The maximum absolute atomic E-state index is 3.70. The molecule has 3 heterocycles. The molecule has 0 aliphatic heterocycles. The summed E-state index contributed by atoms with van der Waals surface area (Å²) in [6.45, 7) is 3.23. The van der Waals surface area contributed by atoms with Crippen LogP contribution in [0.25, 0.3) is 9.40 Å². The zero-order chi connectivity index (χ0) is 14.1. The quantitative estimate of drug-likeness (QED) is 0.459. The second-order valence-electron chi connectivity index (χ2n) is 4.46. The Morgan fingerprint density at radius 3 is 2.70 bits per heavy atom. The van der Waals surface area contributed by atoms with Crippen molar-refractivity contribution >= 4 is 75.3 Å². The number of halogens is 2. The zero-order valence-corrected chi connectivity index (χ0v) is 16.4. The van der Waals surface area contributed by atoms with E-state index in [1.54, 1.807) is 11.3 Å². The highest BCUT2D eigenvalue weighted by Crippen LogP contribution is 2.41. The van der Waals surface area contributed by atoms with Crippen LogP contribution in [0.4, 0.5) is 0 Å². The Morgan fingerprint density at radius 1 is 1.20 bits per heavy atom. The van der Waals surface area contributed by atoms with Gasteiger partial charge in [0.2, 0.25) is 0 Å². The highest BCUT2D eigenvalue weighted by atomic mass is 79.9. The van der Waals surface area contributed by atoms with Crippen molar-refractivity contribution in [3.63, 3.8) is 0 Å². The molecule has 0 saturated carbocycles. The number of hydrogen-bond acceptors (Lipinski definition) is 4. The highest BCUT2D eigenvalue weighted by molar-refractivity contribution is 9.12. The lowest BCUT2D eigenvalue weighted by Crippen LogP contribution is -2.22. The second-order valence-corrected chi connectivity index (χ2v) is 10.3. The first-order valence-corrected chi connectivity index (χ1v) is 10.4. The molecule has 3 aromatic heterocycles. The molecule has 1 unspecified atom stereocenters. The van der Waals surface area contributed by atoms with Crippen molar-refractivity contribution < 1.29 is 0 Å². The second kappa shape index (κ2) is 6.58. The van der Waals surface area contributed by atoms with Gasteiger partial charge in [-0.05, 0) is 68.4 Å². The van der Waals surface area contributed by atoms with Crippen LogP contribution in [-0.4, -0.2) is 6.54 Å². The largest absolute Gasteiger partial charge is 0.306 e. The van der Waals surface area contributed by atoms with Gasteiger partial charge in [0.05, 0.1) is 13.6 Å². The molecule has 6 heteroatoms. The van der Waals surface area contributed by atoms with Gasteiger partial charge in [0.1, 0.15) is 0 Å². The number of rotatable bonds is 5. The Hall–Kier alpha value is 0.280. The number of hydrogen-bond donors (Lipinski definition) is 1. The Labute approximate surface area is 147 Å². The van der Waals surface area contributed by atoms with Crippen molar-refractivity contribution in [3.8, 4) is 0 Å². The molecule has 106 valence electrons. The first kappa shape index (κ1) is 15.2. The normalized spacial score (nSPS) is 13.2. The van der Waals surface area contributed by atoms with Crippen LogP contribution in [0.3, 0.4) is 0 Å². The molecule has 3 rings (SSSR count). The molecule has 1 nitrogen and oxygen atoms in total. The van der Waals surface area contributed by atoms with Gasteiger partial charge < -0.3 is 5.32 Å². The van der Waals surface area contributed by atoms with E-state index in [2.05, 4.69) is 67.7 Å². The third-order valence-corrected chi connectivity index (χ3v) is 7.58. The van der Waals surface area contributed by atoms with Gasteiger partial charge in [0.25, 0.3) is 0 Å². The van der Waals surface area contributed by atoms with Crippen LogP contribution in [0.5, 0.6) is 0 Å². The fourth-order valence-corrected chi connectivity index (χ4v) is 7.25. The first-order chi connectivity index (χ1) is 9.69. The first-order valence-electron chi connectivity index (χ1n) is 6.34. The molecule has 0 aromatic carbocycles. The molecular formula is C14H13Br2NS3. The van der Waals surface area contributed by atoms with E-state index in [1.165, 1.54) is 27.4 Å². The topological polar surface area (TPSA) is 12.0 Å². The Kier molecular flexibility index (Phi) is 5.00. The summed E-state index contributed by atoms with van der Waals surface area (Å²) >= 11 is 12.7. The van der Waals surface area contributed by atoms with Crippen molar-refractivity contribution in [1.29, 1.82) is 0 Å². The van der Waals surface area contributed by atoms with Crippen molar-refractivity contribution in [3.05, 3.63) is 41.6 Å². The molecule has 0 bridgehead atoms. The summed E-state index contributed by atoms with van der Waals surface area (Å²) in [7, 11) is 0. The van der Waals surface area contributed by atoms with Gasteiger partial charge in [-0.15, -0.1) is 34.0 Å². The van der Waals surface area contributed by atoms with Crippen LogP contribution in [0.15, 0.2) is 31.2 Å². The van der Waals surface area contributed by atoms with E-state index in [1.807, 2.05) is 22.7 Å². The number of fused-ring (bicyclic) bond motifs is 1. The standard InChI is InChI=1S/C14H13Br2NS3/c1-2-4-17-13(8-6-12(15)20-14(8)16)11-7-10-9(19-11)3-5-18-10/h3,5-7,13,17H,2,4H2,1H3. The molecular weight excluding hydrogens is 438 g/mol. The highest BCUT2D eigenvalue weighted by Gasteiger charge is 2.21. The molecule has 1 atom stereocenters. The molecule has 0 amide bonds. The minimum atomic E-state index is 0.275. The number of nitrogens with one attached hydrogen (secondary N) is 1. The molecule has 0 radical (unpaired) electrons. The van der Waals surface area contributed by atoms with Crippen molar-refractivity contribution in [1.82, 2.24) is 5.32 Å². The lowest BCUT2D eigenvalue weighted by atomic mass is 10.1. The Bertz CT molecular complexity index is 684. The maximum atomic E-state index is 3.70. The van der Waals surface area contributed by atoms with E-state index in [0.29, 0.717) is 0 Å². The van der Waals surface area contributed by atoms with Gasteiger partial charge >= 0.3 is 0 Å². The van der Waals surface area contributed by atoms with E-state index in [0.717, 1.165) is 13.0 Å². The fourth-order valence-electron chi connectivity index (χ4n) is 2.13. The molecule has 0 aliphatic rings. The lowest BCUT2D eigenvalue weighted by molar-refractivity contribution is 0.606. The van der Waals surface area contributed by atoms with Crippen LogP contribution < -0.4 is 5.32 Å². The Balaban J connectivity index is 2.01. The van der Waals surface area contributed by atoms with Crippen LogP contribution >= 0.6 is 65.9 Å². The lowest BCUT2D eigenvalue weighted by Gasteiger charge is -2.16. The average Bonchev–Trinajstić information content (AvgIpc) is 3.05. The van der Waals surface area contributed by atoms with E-state index in [4.69, 9.17) is 0 Å². The maximum Gasteiger partial charge on any atom is 0.0762 e. The summed E-state index contributed by atoms with van der Waals surface area (Å²) in [6, 6.07) is 7.03. The monoisotopic (exact) mass is 449 g/mol. The van der Waals surface area contributed by atoms with Gasteiger partial charge in [-0.25, -0.2) is 0 Å². The van der Waals surface area contributed by atoms with Crippen LogP contribution in [-0.2, 0) is 0 Å². The van der Waals surface area contributed by atoms with E-state index in [9.17, 15) is 0 Å². The molecule has 20 heavy (non-hydrogen) atoms. The molecule has 0 fully saturated rings. The third kappa shape index (κ3) is 3.05. The Morgan fingerprint density at radius 2 is 2.05 bits per heavy atom. The van der Waals surface area contributed by atoms with Gasteiger partial charge in [-0.1, -0.05) is 6.92 Å². The molecule has 0 spiro atoms. The minimum Gasteiger partial charge on any atom is -0.306 e. The van der Waals surface area contributed by atoms with Gasteiger partial charge in [-0.2, -0.15) is 0 Å². The summed E-state index contributed by atoms with van der Waals surface area (Å²) in [4.78, 5) is 1.39. The molecule has 0 saturated heterocycles. The van der Waals surface area contributed by atoms with E-state index in [-0.39, 0.29) is 6.04 Å². The summed E-state index contributed by atoms with van der Waals surface area (Å²) in [6.07, 6.45) is 1.14. The van der Waals surface area contributed by atoms with Crippen molar-refractivity contribution in [2.24, 2.45) is 0 Å². The van der Waals surface area contributed by atoms with Gasteiger partial charge in [0, 0.05) is 19.8 Å². The smallest absolute Gasteiger partial charge is 0.0762 e. The minimum absolute atomic E-state index is 0.275. The fraction of sp³-hybridized carbons (Fsp3) is 0.286. The third-order valence-electron chi connectivity index (χ3n) is 3.04. The van der Waals surface area contributed by atoms with Gasteiger partial charge in [-0.3, -0.25) is 0 Å². The zero-order valence-electron chi connectivity index (χ0n) is 10.8. The van der Waals surface area contributed by atoms with E-state index < -0.39 is 0 Å². The number of thiophene rings is 3. The van der Waals surface area contributed by atoms with Crippen molar-refractivity contribution in [2.75, 3.05) is 6.54 Å². The van der Waals surface area contributed by atoms with Crippen LogP contribution in [0.2, 0.25) is 0 Å². The summed E-state index contributed by atoms with van der Waals surface area (Å²) in [5, 5.41) is 5.84. The van der Waals surface area contributed by atoms with Crippen molar-refractivity contribution in [2.45, 2.75) is 19.4 Å². The predicted molar refractivity (Wildman–Crippen MR) is 99.6 cm³/mol. The summed E-state index contributed by atoms with van der Waals surface area (Å²) < 4.78 is 5.15. The summed E-state index contributed by atoms with van der Waals surface area (Å²) in [5.74, 6) is 0. The van der Waals surface area contributed by atoms with Crippen LogP contribution in [0, 0.1) is 0 Å². The SMILES string of the molecule is CCCNC(c1cc2sccc2s1)c1cc(Br)sc1Br. The van der Waals surface area contributed by atoms with Crippen LogP contribution in [0.1, 0.15) is 29.8 Å². The molecule has 1 N–H and O–H groups in total. The molecule has 3 aromatic rings. The predicted octanol–water partition coefficient (Wildman–Crippen LogP) is 6.64. The average molecular weight is 451 g/mol. The van der Waals surface area contributed by atoms with E-state index >= 15 is 0 Å².